The van der Waals surface area contributed by atoms with Gasteiger partial charge in [-0.15, -0.1) is 0 Å². The third kappa shape index (κ3) is 3.21. The van der Waals surface area contributed by atoms with Crippen LogP contribution in [-0.4, -0.2) is 25.4 Å². The van der Waals surface area contributed by atoms with Crippen LogP contribution in [0.1, 0.15) is 0 Å². The first-order valence-corrected chi connectivity index (χ1v) is 7.56. The maximum absolute atomic E-state index is 12.2. The van der Waals surface area contributed by atoms with E-state index in [4.69, 9.17) is 0 Å². The molecule has 0 atom stereocenters. The first-order valence-electron chi connectivity index (χ1n) is 5.29. The molecule has 0 aliphatic heterocycles. The quantitative estimate of drug-likeness (QED) is 0.888. The number of halogens is 1. The Labute approximate surface area is 119 Å². The summed E-state index contributed by atoms with van der Waals surface area (Å²) >= 11 is 3.24. The number of nitrogens with zero attached hydrogens (tertiary/aromatic N) is 2. The minimum Gasteiger partial charge on any atom is -0.373 e. The van der Waals surface area contributed by atoms with Crippen LogP contribution in [0.5, 0.6) is 0 Å². The molecule has 2 aromatic rings. The number of nitrogens with one attached hydrogen (secondary N) is 2. The van der Waals surface area contributed by atoms with Crippen molar-refractivity contribution in [3.05, 3.63) is 41.3 Å². The molecule has 6 nitrogen and oxygen atoms in total. The number of anilines is 2. The molecule has 0 unspecified atom stereocenters. The van der Waals surface area contributed by atoms with Crippen molar-refractivity contribution in [3.8, 4) is 0 Å². The predicted molar refractivity (Wildman–Crippen MR) is 76.5 cm³/mol. The molecule has 19 heavy (non-hydrogen) atoms. The Kier molecular flexibility index (Phi) is 4.01. The molecule has 2 N–H and O–H groups in total. The van der Waals surface area contributed by atoms with E-state index in [-0.39, 0.29) is 4.90 Å². The van der Waals surface area contributed by atoms with Gasteiger partial charge in [0.2, 0.25) is 0 Å². The lowest BCUT2D eigenvalue weighted by Crippen LogP contribution is -2.13. The summed E-state index contributed by atoms with van der Waals surface area (Å²) in [6.45, 7) is 0. The highest BCUT2D eigenvalue weighted by molar-refractivity contribution is 9.10. The molecule has 8 heteroatoms. The fourth-order valence-corrected chi connectivity index (χ4v) is 2.95. The van der Waals surface area contributed by atoms with E-state index < -0.39 is 10.0 Å². The third-order valence-electron chi connectivity index (χ3n) is 2.31. The molecule has 2 rings (SSSR count). The average molecular weight is 343 g/mol. The molecule has 0 saturated heterocycles. The van der Waals surface area contributed by atoms with Crippen LogP contribution in [0.25, 0.3) is 0 Å². The van der Waals surface area contributed by atoms with Gasteiger partial charge in [-0.1, -0.05) is 0 Å². The van der Waals surface area contributed by atoms with Crippen molar-refractivity contribution in [3.63, 3.8) is 0 Å². The van der Waals surface area contributed by atoms with Gasteiger partial charge in [0.1, 0.15) is 5.82 Å². The lowest BCUT2D eigenvalue weighted by Gasteiger charge is -2.10. The molecule has 100 valence electrons. The Morgan fingerprint density at radius 3 is 2.74 bits per heavy atom. The molecule has 0 saturated carbocycles. The van der Waals surface area contributed by atoms with Gasteiger partial charge in [-0.3, -0.25) is 9.71 Å². The number of sulfonamides is 1. The normalized spacial score (nSPS) is 11.1. The van der Waals surface area contributed by atoms with Crippen molar-refractivity contribution in [1.82, 2.24) is 9.97 Å². The van der Waals surface area contributed by atoms with Crippen molar-refractivity contribution >= 4 is 37.5 Å². The van der Waals surface area contributed by atoms with Gasteiger partial charge in [-0.2, -0.15) is 0 Å². The third-order valence-corrected chi connectivity index (χ3v) is 4.31. The summed E-state index contributed by atoms with van der Waals surface area (Å²) in [7, 11) is -1.98. The van der Waals surface area contributed by atoms with Gasteiger partial charge in [0.05, 0.1) is 15.1 Å². The molecule has 2 aromatic heterocycles. The number of pyridine rings is 2. The molecule has 0 fully saturated rings. The second-order valence-electron chi connectivity index (χ2n) is 3.59. The van der Waals surface area contributed by atoms with Crippen molar-refractivity contribution in [2.45, 2.75) is 4.90 Å². The van der Waals surface area contributed by atoms with Crippen molar-refractivity contribution in [1.29, 1.82) is 0 Å². The van der Waals surface area contributed by atoms with Crippen molar-refractivity contribution in [2.24, 2.45) is 0 Å². The van der Waals surface area contributed by atoms with E-state index in [1.165, 1.54) is 30.7 Å². The highest BCUT2D eigenvalue weighted by Crippen LogP contribution is 2.23. The summed E-state index contributed by atoms with van der Waals surface area (Å²) in [6, 6.07) is 4.46. The van der Waals surface area contributed by atoms with Gasteiger partial charge in [-0.05, 0) is 28.1 Å². The van der Waals surface area contributed by atoms with Crippen LogP contribution in [0, 0.1) is 0 Å². The smallest absolute Gasteiger partial charge is 0.262 e. The maximum Gasteiger partial charge on any atom is 0.262 e. The summed E-state index contributed by atoms with van der Waals surface area (Å²) in [4.78, 5) is 7.98. The Morgan fingerprint density at radius 2 is 2.05 bits per heavy atom. The number of rotatable bonds is 4. The monoisotopic (exact) mass is 342 g/mol. The van der Waals surface area contributed by atoms with Crippen LogP contribution in [-0.2, 0) is 10.0 Å². The van der Waals surface area contributed by atoms with Gasteiger partial charge < -0.3 is 5.32 Å². The fourth-order valence-electron chi connectivity index (χ4n) is 1.38. The van der Waals surface area contributed by atoms with E-state index in [2.05, 4.69) is 35.9 Å². The van der Waals surface area contributed by atoms with Gasteiger partial charge in [-0.25, -0.2) is 13.4 Å². The molecule has 0 amide bonds. The minimum absolute atomic E-state index is 0.135. The summed E-state index contributed by atoms with van der Waals surface area (Å²) in [6.07, 6.45) is 4.46. The van der Waals surface area contributed by atoms with Crippen LogP contribution in [0.3, 0.4) is 0 Å². The molecule has 0 aliphatic carbocycles. The highest BCUT2D eigenvalue weighted by Gasteiger charge is 2.16. The van der Waals surface area contributed by atoms with E-state index in [0.717, 1.165) is 0 Å². The lowest BCUT2D eigenvalue weighted by atomic mass is 10.4. The van der Waals surface area contributed by atoms with Crippen LogP contribution in [0.4, 0.5) is 11.5 Å². The summed E-state index contributed by atoms with van der Waals surface area (Å²) in [5.41, 5.74) is 0.429. The molecule has 0 radical (unpaired) electrons. The fraction of sp³-hybridized carbons (Fsp3) is 0.0909. The zero-order chi connectivity index (χ0) is 13.9. The van der Waals surface area contributed by atoms with E-state index >= 15 is 0 Å². The molecular weight excluding hydrogens is 332 g/mol. The molecule has 0 spiro atoms. The summed E-state index contributed by atoms with van der Waals surface area (Å²) < 4.78 is 27.5. The first kappa shape index (κ1) is 13.8. The summed E-state index contributed by atoms with van der Waals surface area (Å²) in [5.74, 6) is 0.483. The second-order valence-corrected chi connectivity index (χ2v) is 6.12. The Bertz CT molecular complexity index is 691. The van der Waals surface area contributed by atoms with E-state index in [9.17, 15) is 8.42 Å². The number of aromatic nitrogens is 2. The number of hydrogen-bond donors (Lipinski definition) is 2. The molecule has 2 heterocycles. The van der Waals surface area contributed by atoms with Crippen LogP contribution in [0.2, 0.25) is 0 Å². The van der Waals surface area contributed by atoms with E-state index in [1.807, 2.05) is 0 Å². The minimum atomic E-state index is -3.66. The average Bonchev–Trinajstić information content (AvgIpc) is 2.41. The Morgan fingerprint density at radius 1 is 1.26 bits per heavy atom. The van der Waals surface area contributed by atoms with Crippen LogP contribution < -0.4 is 10.0 Å². The highest BCUT2D eigenvalue weighted by atomic mass is 79.9. The van der Waals surface area contributed by atoms with Crippen LogP contribution in [0.15, 0.2) is 46.2 Å². The molecule has 0 aromatic carbocycles. The molecule has 0 bridgehead atoms. The van der Waals surface area contributed by atoms with Crippen molar-refractivity contribution in [2.75, 3.05) is 17.1 Å². The maximum atomic E-state index is 12.2. The molecule has 0 aliphatic rings. The standard InChI is InChI=1S/C11H11BrN4O2S/c1-13-11-6-8(2-5-15-11)19(17,18)16-10-3-4-14-7-9(10)12/h2-7H,1H3,(H,13,15)(H,14,16). The van der Waals surface area contributed by atoms with Gasteiger partial charge >= 0.3 is 0 Å². The van der Waals surface area contributed by atoms with Gasteiger partial charge in [0.25, 0.3) is 10.0 Å². The van der Waals surface area contributed by atoms with Crippen LogP contribution >= 0.6 is 15.9 Å². The Balaban J connectivity index is 2.35. The summed E-state index contributed by atoms with van der Waals surface area (Å²) in [5, 5.41) is 2.79. The first-order chi connectivity index (χ1) is 9.03. The Hall–Kier alpha value is -1.67. The van der Waals surface area contributed by atoms with Gasteiger partial charge in [0.15, 0.2) is 0 Å². The largest absolute Gasteiger partial charge is 0.373 e. The van der Waals surface area contributed by atoms with E-state index in [1.54, 1.807) is 13.1 Å². The SMILES string of the molecule is CNc1cc(S(=O)(=O)Nc2ccncc2Br)ccn1. The molecular formula is C11H11BrN4O2S. The lowest BCUT2D eigenvalue weighted by molar-refractivity contribution is 0.601. The topological polar surface area (TPSA) is 84.0 Å². The second kappa shape index (κ2) is 5.54. The predicted octanol–water partition coefficient (Wildman–Crippen LogP) is 2.08. The van der Waals surface area contributed by atoms with E-state index in [0.29, 0.717) is 16.0 Å². The zero-order valence-corrected chi connectivity index (χ0v) is 12.4. The van der Waals surface area contributed by atoms with Crippen molar-refractivity contribution < 1.29 is 8.42 Å². The van der Waals surface area contributed by atoms with Gasteiger partial charge in [0, 0.05) is 31.7 Å². The zero-order valence-electron chi connectivity index (χ0n) is 9.96. The number of hydrogen-bond acceptors (Lipinski definition) is 5.